The number of aromatic nitrogens is 3. The van der Waals surface area contributed by atoms with E-state index < -0.39 is 0 Å². The molecule has 1 saturated carbocycles. The molecule has 8 heteroatoms. The smallest absolute Gasteiger partial charge is 0.225 e. The lowest BCUT2D eigenvalue weighted by Gasteiger charge is -2.26. The third-order valence-electron chi connectivity index (χ3n) is 6.13. The van der Waals surface area contributed by atoms with E-state index in [1.807, 2.05) is 36.4 Å². The van der Waals surface area contributed by atoms with Crippen LogP contribution in [0.4, 0.5) is 16.9 Å². The molecule has 0 saturated heterocycles. The number of fused-ring (bicyclic) bond motifs is 1. The Morgan fingerprint density at radius 1 is 0.912 bits per heavy atom. The first-order valence-corrected chi connectivity index (χ1v) is 12.6. The Kier molecular flexibility index (Phi) is 6.99. The summed E-state index contributed by atoms with van der Waals surface area (Å²) in [5.41, 5.74) is 4.14. The zero-order valence-corrected chi connectivity index (χ0v) is 19.8. The van der Waals surface area contributed by atoms with Crippen molar-refractivity contribution in [2.75, 3.05) is 17.2 Å². The van der Waals surface area contributed by atoms with Crippen LogP contribution in [0, 0.1) is 0 Å². The van der Waals surface area contributed by atoms with Crippen LogP contribution in [0.25, 0.3) is 10.2 Å². The standard InChI is InChI=1S/C26H29N5O2S/c32-13-12-18-6-11-22-23(15-18)34-26(29-22)31-24-16-20(14-17-4-2-1-3-5-17)28-25(30-24)27-19-7-9-21(33)10-8-19/h1-6,11,15-16,19,21,32-33H,7-10,12-14H2,(H2,27,28,29,30,31)/t19-,21-. The normalized spacial score (nSPS) is 18.2. The first-order chi connectivity index (χ1) is 16.6. The molecule has 1 aliphatic rings. The number of thiazole rings is 1. The van der Waals surface area contributed by atoms with Crippen molar-refractivity contribution in [1.29, 1.82) is 0 Å². The summed E-state index contributed by atoms with van der Waals surface area (Å²) < 4.78 is 1.08. The largest absolute Gasteiger partial charge is 0.396 e. The maximum absolute atomic E-state index is 9.83. The van der Waals surface area contributed by atoms with Crippen LogP contribution in [0.5, 0.6) is 0 Å². The predicted octanol–water partition coefficient (Wildman–Crippen LogP) is 4.67. The van der Waals surface area contributed by atoms with E-state index in [2.05, 4.69) is 28.8 Å². The lowest BCUT2D eigenvalue weighted by Crippen LogP contribution is -2.29. The number of nitrogens with zero attached hydrogens (tertiary/aromatic N) is 3. The lowest BCUT2D eigenvalue weighted by molar-refractivity contribution is 0.126. The summed E-state index contributed by atoms with van der Waals surface area (Å²) in [4.78, 5) is 14.2. The molecule has 5 rings (SSSR count). The first kappa shape index (κ1) is 22.7. The highest BCUT2D eigenvalue weighted by Gasteiger charge is 2.20. The van der Waals surface area contributed by atoms with Crippen LogP contribution in [0.3, 0.4) is 0 Å². The molecular formula is C26H29N5O2S. The Morgan fingerprint density at radius 2 is 1.74 bits per heavy atom. The van der Waals surface area contributed by atoms with Gasteiger partial charge in [-0.2, -0.15) is 4.98 Å². The van der Waals surface area contributed by atoms with E-state index in [4.69, 9.17) is 15.0 Å². The van der Waals surface area contributed by atoms with Crippen molar-refractivity contribution in [2.24, 2.45) is 0 Å². The zero-order chi connectivity index (χ0) is 23.3. The minimum Gasteiger partial charge on any atom is -0.396 e. The van der Waals surface area contributed by atoms with E-state index >= 15 is 0 Å². The Hall–Kier alpha value is -3.07. The third kappa shape index (κ3) is 5.70. The second kappa shape index (κ2) is 10.5. The average molecular weight is 476 g/mol. The van der Waals surface area contributed by atoms with Crippen LogP contribution < -0.4 is 10.6 Å². The highest BCUT2D eigenvalue weighted by Crippen LogP contribution is 2.30. The van der Waals surface area contributed by atoms with E-state index in [1.54, 1.807) is 11.3 Å². The van der Waals surface area contributed by atoms with Crippen LogP contribution in [0.2, 0.25) is 0 Å². The zero-order valence-electron chi connectivity index (χ0n) is 18.9. The fourth-order valence-corrected chi connectivity index (χ4v) is 5.28. The van der Waals surface area contributed by atoms with Gasteiger partial charge in [0.2, 0.25) is 5.95 Å². The number of rotatable bonds is 8. The summed E-state index contributed by atoms with van der Waals surface area (Å²) in [6, 6.07) is 18.6. The summed E-state index contributed by atoms with van der Waals surface area (Å²) in [5.74, 6) is 1.30. The van der Waals surface area contributed by atoms with Crippen LogP contribution in [0.15, 0.2) is 54.6 Å². The maximum Gasteiger partial charge on any atom is 0.225 e. The number of hydrogen-bond donors (Lipinski definition) is 4. The molecule has 0 unspecified atom stereocenters. The fraction of sp³-hybridized carbons (Fsp3) is 0.346. The highest BCUT2D eigenvalue weighted by atomic mass is 32.1. The average Bonchev–Trinajstić information content (AvgIpc) is 3.23. The van der Waals surface area contributed by atoms with Gasteiger partial charge in [-0.3, -0.25) is 0 Å². The Morgan fingerprint density at radius 3 is 2.53 bits per heavy atom. The second-order valence-electron chi connectivity index (χ2n) is 8.80. The second-order valence-corrected chi connectivity index (χ2v) is 9.83. The van der Waals surface area contributed by atoms with E-state index in [0.29, 0.717) is 24.6 Å². The van der Waals surface area contributed by atoms with Gasteiger partial charge in [-0.25, -0.2) is 9.97 Å². The number of aliphatic hydroxyl groups excluding tert-OH is 2. The Balaban J connectivity index is 1.40. The highest BCUT2D eigenvalue weighted by molar-refractivity contribution is 7.22. The van der Waals surface area contributed by atoms with Gasteiger partial charge in [0, 0.05) is 25.1 Å². The van der Waals surface area contributed by atoms with Gasteiger partial charge in [0.1, 0.15) is 5.82 Å². The van der Waals surface area contributed by atoms with E-state index in [1.165, 1.54) is 5.56 Å². The molecule has 1 fully saturated rings. The molecule has 1 aliphatic carbocycles. The minimum atomic E-state index is -0.197. The van der Waals surface area contributed by atoms with Gasteiger partial charge in [0.25, 0.3) is 0 Å². The summed E-state index contributed by atoms with van der Waals surface area (Å²) in [5, 5.41) is 26.7. The first-order valence-electron chi connectivity index (χ1n) is 11.8. The molecule has 2 aromatic carbocycles. The lowest BCUT2D eigenvalue weighted by atomic mass is 9.93. The molecule has 7 nitrogen and oxygen atoms in total. The molecule has 4 aromatic rings. The van der Waals surface area contributed by atoms with Crippen molar-refractivity contribution in [3.63, 3.8) is 0 Å². The summed E-state index contributed by atoms with van der Waals surface area (Å²) >= 11 is 1.57. The Labute approximate surface area is 202 Å². The van der Waals surface area contributed by atoms with Crippen LogP contribution in [-0.2, 0) is 12.8 Å². The van der Waals surface area contributed by atoms with Crippen LogP contribution in [-0.4, -0.2) is 43.9 Å². The predicted molar refractivity (Wildman–Crippen MR) is 137 cm³/mol. The van der Waals surface area contributed by atoms with Crippen molar-refractivity contribution in [2.45, 2.75) is 50.7 Å². The molecule has 2 heterocycles. The Bertz CT molecular complexity index is 1240. The summed E-state index contributed by atoms with van der Waals surface area (Å²) in [6.45, 7) is 0.135. The maximum atomic E-state index is 9.83. The van der Waals surface area contributed by atoms with Gasteiger partial charge < -0.3 is 20.8 Å². The molecular weight excluding hydrogens is 446 g/mol. The number of aliphatic hydroxyl groups is 2. The van der Waals surface area contributed by atoms with Gasteiger partial charge in [0.15, 0.2) is 5.13 Å². The quantitative estimate of drug-likeness (QED) is 0.294. The SMILES string of the molecule is OCCc1ccc2nc(Nc3cc(Cc4ccccc4)nc(N[C@H]4CC[C@H](O)CC4)n3)sc2c1. The molecule has 0 amide bonds. The van der Waals surface area contributed by atoms with Crippen molar-refractivity contribution in [3.05, 3.63) is 71.4 Å². The topological polar surface area (TPSA) is 103 Å². The van der Waals surface area contributed by atoms with E-state index in [0.717, 1.165) is 52.3 Å². The molecule has 0 spiro atoms. The van der Waals surface area contributed by atoms with Crippen LogP contribution >= 0.6 is 11.3 Å². The van der Waals surface area contributed by atoms with Crippen LogP contribution in [0.1, 0.15) is 42.5 Å². The number of hydrogen-bond acceptors (Lipinski definition) is 8. The third-order valence-corrected chi connectivity index (χ3v) is 7.06. The van der Waals surface area contributed by atoms with Gasteiger partial charge in [-0.15, -0.1) is 0 Å². The monoisotopic (exact) mass is 475 g/mol. The van der Waals surface area contributed by atoms with Gasteiger partial charge in [-0.05, 0) is 55.4 Å². The van der Waals surface area contributed by atoms with E-state index in [9.17, 15) is 10.2 Å². The molecule has 0 aliphatic heterocycles. The van der Waals surface area contributed by atoms with Gasteiger partial charge in [0.05, 0.1) is 22.0 Å². The number of nitrogens with one attached hydrogen (secondary N) is 2. The van der Waals surface area contributed by atoms with Gasteiger partial charge in [-0.1, -0.05) is 47.7 Å². The van der Waals surface area contributed by atoms with Gasteiger partial charge >= 0.3 is 0 Å². The van der Waals surface area contributed by atoms with Crippen molar-refractivity contribution < 1.29 is 10.2 Å². The molecule has 0 atom stereocenters. The fourth-order valence-electron chi connectivity index (χ4n) is 4.34. The van der Waals surface area contributed by atoms with Crippen molar-refractivity contribution in [1.82, 2.24) is 15.0 Å². The number of anilines is 3. The molecule has 0 bridgehead atoms. The molecule has 176 valence electrons. The van der Waals surface area contributed by atoms with Crippen molar-refractivity contribution >= 4 is 38.5 Å². The molecule has 0 radical (unpaired) electrons. The summed E-state index contributed by atoms with van der Waals surface area (Å²) in [6.07, 6.45) is 4.57. The molecule has 2 aromatic heterocycles. The number of benzene rings is 2. The molecule has 4 N–H and O–H groups in total. The minimum absolute atomic E-state index is 0.135. The van der Waals surface area contributed by atoms with E-state index in [-0.39, 0.29) is 18.8 Å². The summed E-state index contributed by atoms with van der Waals surface area (Å²) in [7, 11) is 0. The molecule has 34 heavy (non-hydrogen) atoms. The van der Waals surface area contributed by atoms with Crippen molar-refractivity contribution in [3.8, 4) is 0 Å².